The molecule has 0 saturated heterocycles. The zero-order chi connectivity index (χ0) is 6.15. The zero-order valence-electron chi connectivity index (χ0n) is 4.72. The number of rotatable bonds is 0. The molecule has 0 spiro atoms. The van der Waals surface area contributed by atoms with Gasteiger partial charge in [-0.05, 0) is 29.5 Å². The third-order valence-electron chi connectivity index (χ3n) is 1.05. The standard InChI is InChI=1S/C4H6IN3/c1-3-4(5)6-7-8(3)2/h1-2H3. The third-order valence-corrected chi connectivity index (χ3v) is 2.05. The summed E-state index contributed by atoms with van der Waals surface area (Å²) in [5.41, 5.74) is 1.12. The van der Waals surface area contributed by atoms with Crippen LogP contribution in [-0.4, -0.2) is 15.0 Å². The highest BCUT2D eigenvalue weighted by molar-refractivity contribution is 14.1. The number of aromatic nitrogens is 3. The molecule has 0 atom stereocenters. The molecule has 0 aromatic carbocycles. The zero-order valence-corrected chi connectivity index (χ0v) is 6.88. The van der Waals surface area contributed by atoms with Crippen LogP contribution in [0, 0.1) is 10.6 Å². The molecule has 0 N–H and O–H groups in total. The molecule has 1 aromatic heterocycles. The van der Waals surface area contributed by atoms with Crippen molar-refractivity contribution in [1.29, 1.82) is 0 Å². The predicted octanol–water partition coefficient (Wildman–Crippen LogP) is 0.728. The lowest BCUT2D eigenvalue weighted by atomic mass is 10.6. The molecule has 1 rings (SSSR count). The van der Waals surface area contributed by atoms with Crippen molar-refractivity contribution in [3.8, 4) is 0 Å². The van der Waals surface area contributed by atoms with Crippen molar-refractivity contribution in [1.82, 2.24) is 15.0 Å². The minimum atomic E-state index is 0.977. The molecule has 1 aromatic rings. The van der Waals surface area contributed by atoms with Crippen molar-refractivity contribution in [2.75, 3.05) is 0 Å². The van der Waals surface area contributed by atoms with Crippen LogP contribution in [-0.2, 0) is 7.05 Å². The van der Waals surface area contributed by atoms with Gasteiger partial charge in [-0.1, -0.05) is 5.21 Å². The molecule has 0 saturated carbocycles. The Hall–Kier alpha value is -0.130. The quantitative estimate of drug-likeness (QED) is 0.607. The Balaban J connectivity index is 3.19. The number of nitrogens with zero attached hydrogens (tertiary/aromatic N) is 3. The summed E-state index contributed by atoms with van der Waals surface area (Å²) in [6.07, 6.45) is 0. The second-order valence-corrected chi connectivity index (χ2v) is 2.61. The summed E-state index contributed by atoms with van der Waals surface area (Å²) < 4.78 is 2.73. The van der Waals surface area contributed by atoms with E-state index in [4.69, 9.17) is 0 Å². The molecule has 0 aliphatic rings. The third kappa shape index (κ3) is 0.841. The van der Waals surface area contributed by atoms with E-state index in [0.29, 0.717) is 0 Å². The normalized spacial score (nSPS) is 9.88. The molecular weight excluding hydrogens is 217 g/mol. The predicted molar refractivity (Wildman–Crippen MR) is 38.5 cm³/mol. The summed E-state index contributed by atoms with van der Waals surface area (Å²) in [4.78, 5) is 0. The van der Waals surface area contributed by atoms with E-state index in [2.05, 4.69) is 32.9 Å². The van der Waals surface area contributed by atoms with Gasteiger partial charge in [0.15, 0.2) is 0 Å². The summed E-state index contributed by atoms with van der Waals surface area (Å²) in [6, 6.07) is 0. The fraction of sp³-hybridized carbons (Fsp3) is 0.500. The molecule has 1 heterocycles. The summed E-state index contributed by atoms with van der Waals surface area (Å²) in [6.45, 7) is 1.99. The first-order chi connectivity index (χ1) is 3.72. The van der Waals surface area contributed by atoms with Crippen LogP contribution in [0.3, 0.4) is 0 Å². The van der Waals surface area contributed by atoms with E-state index >= 15 is 0 Å². The fourth-order valence-corrected chi connectivity index (χ4v) is 0.825. The van der Waals surface area contributed by atoms with Crippen LogP contribution < -0.4 is 0 Å². The van der Waals surface area contributed by atoms with Gasteiger partial charge in [0.25, 0.3) is 0 Å². The van der Waals surface area contributed by atoms with Gasteiger partial charge >= 0.3 is 0 Å². The SMILES string of the molecule is Cc1c(I)nnn1C. The minimum Gasteiger partial charge on any atom is -0.252 e. The number of hydrogen-bond donors (Lipinski definition) is 0. The highest BCUT2D eigenvalue weighted by atomic mass is 127. The molecule has 0 radical (unpaired) electrons. The lowest BCUT2D eigenvalue weighted by Crippen LogP contribution is -1.92. The van der Waals surface area contributed by atoms with E-state index in [1.165, 1.54) is 0 Å². The first-order valence-electron chi connectivity index (χ1n) is 2.23. The first kappa shape index (κ1) is 6.00. The van der Waals surface area contributed by atoms with Crippen LogP contribution in [0.1, 0.15) is 5.69 Å². The van der Waals surface area contributed by atoms with Crippen LogP contribution in [0.15, 0.2) is 0 Å². The Morgan fingerprint density at radius 2 is 2.25 bits per heavy atom. The molecule has 8 heavy (non-hydrogen) atoms. The van der Waals surface area contributed by atoms with E-state index in [1.54, 1.807) is 4.68 Å². The molecule has 0 bridgehead atoms. The van der Waals surface area contributed by atoms with Gasteiger partial charge in [0, 0.05) is 7.05 Å². The molecular formula is C4H6IN3. The monoisotopic (exact) mass is 223 g/mol. The molecule has 44 valence electrons. The van der Waals surface area contributed by atoms with E-state index in [1.807, 2.05) is 14.0 Å². The highest BCUT2D eigenvalue weighted by Gasteiger charge is 1.97. The van der Waals surface area contributed by atoms with Gasteiger partial charge < -0.3 is 0 Å². The minimum absolute atomic E-state index is 0.977. The van der Waals surface area contributed by atoms with Gasteiger partial charge in [-0.3, -0.25) is 4.68 Å². The van der Waals surface area contributed by atoms with Crippen molar-refractivity contribution in [3.05, 3.63) is 9.39 Å². The Morgan fingerprint density at radius 3 is 2.38 bits per heavy atom. The fourth-order valence-electron chi connectivity index (χ4n) is 0.379. The topological polar surface area (TPSA) is 30.7 Å². The Morgan fingerprint density at radius 1 is 1.62 bits per heavy atom. The molecule has 0 aliphatic heterocycles. The largest absolute Gasteiger partial charge is 0.252 e. The van der Waals surface area contributed by atoms with Crippen LogP contribution in [0.25, 0.3) is 0 Å². The lowest BCUT2D eigenvalue weighted by molar-refractivity contribution is 0.696. The van der Waals surface area contributed by atoms with Crippen molar-refractivity contribution in [3.63, 3.8) is 0 Å². The van der Waals surface area contributed by atoms with E-state index < -0.39 is 0 Å². The maximum atomic E-state index is 3.82. The molecule has 0 amide bonds. The average molecular weight is 223 g/mol. The lowest BCUT2D eigenvalue weighted by Gasteiger charge is -1.86. The van der Waals surface area contributed by atoms with Gasteiger partial charge in [-0.25, -0.2) is 0 Å². The van der Waals surface area contributed by atoms with Crippen LogP contribution >= 0.6 is 22.6 Å². The van der Waals surface area contributed by atoms with E-state index in [9.17, 15) is 0 Å². The van der Waals surface area contributed by atoms with Crippen molar-refractivity contribution in [2.24, 2.45) is 7.05 Å². The van der Waals surface area contributed by atoms with Gasteiger partial charge in [0.05, 0.1) is 5.69 Å². The number of aryl methyl sites for hydroxylation is 1. The Kier molecular flexibility index (Phi) is 1.50. The molecule has 0 aliphatic carbocycles. The van der Waals surface area contributed by atoms with Gasteiger partial charge in [0.2, 0.25) is 0 Å². The second-order valence-electron chi connectivity index (χ2n) is 1.59. The second kappa shape index (κ2) is 2.00. The smallest absolute Gasteiger partial charge is 0.146 e. The van der Waals surface area contributed by atoms with Crippen molar-refractivity contribution < 1.29 is 0 Å². The molecule has 3 nitrogen and oxygen atoms in total. The summed E-state index contributed by atoms with van der Waals surface area (Å²) in [5, 5.41) is 7.59. The molecule has 0 fully saturated rings. The van der Waals surface area contributed by atoms with Crippen molar-refractivity contribution >= 4 is 22.6 Å². The summed E-state index contributed by atoms with van der Waals surface area (Å²) in [5.74, 6) is 0. The Labute approximate surface area is 61.2 Å². The van der Waals surface area contributed by atoms with E-state index in [-0.39, 0.29) is 0 Å². The average Bonchev–Trinajstić information content (AvgIpc) is 1.98. The maximum absolute atomic E-state index is 3.82. The highest BCUT2D eigenvalue weighted by Crippen LogP contribution is 2.03. The first-order valence-corrected chi connectivity index (χ1v) is 3.31. The summed E-state index contributed by atoms with van der Waals surface area (Å²) in [7, 11) is 1.88. The molecule has 0 unspecified atom stereocenters. The van der Waals surface area contributed by atoms with Crippen LogP contribution in [0.2, 0.25) is 0 Å². The van der Waals surface area contributed by atoms with Crippen LogP contribution in [0.5, 0.6) is 0 Å². The maximum Gasteiger partial charge on any atom is 0.146 e. The van der Waals surface area contributed by atoms with E-state index in [0.717, 1.165) is 9.39 Å². The van der Waals surface area contributed by atoms with Crippen LogP contribution in [0.4, 0.5) is 0 Å². The van der Waals surface area contributed by atoms with Gasteiger partial charge in [-0.2, -0.15) is 0 Å². The number of hydrogen-bond acceptors (Lipinski definition) is 2. The van der Waals surface area contributed by atoms with Gasteiger partial charge in [0.1, 0.15) is 3.70 Å². The molecule has 4 heteroatoms. The summed E-state index contributed by atoms with van der Waals surface area (Å²) >= 11 is 2.15. The Bertz CT molecular complexity index is 174. The van der Waals surface area contributed by atoms with Gasteiger partial charge in [-0.15, -0.1) is 5.10 Å². The van der Waals surface area contributed by atoms with Crippen molar-refractivity contribution in [2.45, 2.75) is 6.92 Å². The number of halogens is 1.